The molecule has 4 nitrogen and oxygen atoms in total. The number of fused-ring (bicyclic) bond motifs is 1. The molecule has 2 aromatic carbocycles. The van der Waals surface area contributed by atoms with Crippen LogP contribution >= 0.6 is 19.1 Å². The van der Waals surface area contributed by atoms with Crippen LogP contribution in [-0.4, -0.2) is 17.8 Å². The van der Waals surface area contributed by atoms with Crippen LogP contribution in [0.25, 0.3) is 10.9 Å². The van der Waals surface area contributed by atoms with Gasteiger partial charge in [0, 0.05) is 22.8 Å². The summed E-state index contributed by atoms with van der Waals surface area (Å²) in [6, 6.07) is 17.2. The highest BCUT2D eigenvalue weighted by atomic mass is 35.5. The first-order valence-electron chi connectivity index (χ1n) is 8.20. The second-order valence-corrected chi connectivity index (χ2v) is 8.40. The summed E-state index contributed by atoms with van der Waals surface area (Å²) in [5.74, 6) is 0. The van der Waals surface area contributed by atoms with Gasteiger partial charge in [-0.25, -0.2) is 0 Å². The SMILES string of the molecule is CCOP(=O)(CCc1ccc(Cl)cc1)Nc1cccc2cccnc12. The molecule has 3 aromatic rings. The topological polar surface area (TPSA) is 51.2 Å². The minimum atomic E-state index is -3.05. The lowest BCUT2D eigenvalue weighted by molar-refractivity contribution is 0.337. The molecule has 3 rings (SSSR count). The van der Waals surface area contributed by atoms with Crippen LogP contribution in [0.1, 0.15) is 12.5 Å². The highest BCUT2D eigenvalue weighted by molar-refractivity contribution is 7.60. The second-order valence-electron chi connectivity index (χ2n) is 5.68. The number of benzene rings is 2. The number of aryl methyl sites for hydroxylation is 1. The summed E-state index contributed by atoms with van der Waals surface area (Å²) in [6.45, 7) is 2.22. The largest absolute Gasteiger partial charge is 0.314 e. The summed E-state index contributed by atoms with van der Waals surface area (Å²) in [5.41, 5.74) is 2.59. The Kier molecular flexibility index (Phi) is 5.74. The monoisotopic (exact) mass is 374 g/mol. The maximum Gasteiger partial charge on any atom is 0.294 e. The number of nitrogens with zero attached hydrogens (tertiary/aromatic N) is 1. The predicted molar refractivity (Wildman–Crippen MR) is 105 cm³/mol. The molecule has 1 unspecified atom stereocenters. The third-order valence-corrected chi connectivity index (χ3v) is 6.19. The number of para-hydroxylation sites is 1. The maximum absolute atomic E-state index is 13.3. The van der Waals surface area contributed by atoms with Gasteiger partial charge in [-0.2, -0.15) is 0 Å². The minimum absolute atomic E-state index is 0.378. The average molecular weight is 375 g/mol. The van der Waals surface area contributed by atoms with Crippen LogP contribution in [-0.2, 0) is 15.5 Å². The smallest absolute Gasteiger partial charge is 0.294 e. The summed E-state index contributed by atoms with van der Waals surface area (Å²) >= 11 is 5.92. The van der Waals surface area contributed by atoms with Crippen LogP contribution in [0.15, 0.2) is 60.8 Å². The molecule has 130 valence electrons. The molecule has 1 heterocycles. The van der Waals surface area contributed by atoms with E-state index in [4.69, 9.17) is 16.1 Å². The lowest BCUT2D eigenvalue weighted by atomic mass is 10.2. The molecular formula is C19H20ClN2O2P. The van der Waals surface area contributed by atoms with Crippen LogP contribution < -0.4 is 5.09 Å². The van der Waals surface area contributed by atoms with Crippen molar-refractivity contribution in [3.05, 3.63) is 71.4 Å². The quantitative estimate of drug-likeness (QED) is 0.533. The molecular weight excluding hydrogens is 355 g/mol. The highest BCUT2D eigenvalue weighted by Gasteiger charge is 2.23. The van der Waals surface area contributed by atoms with Crippen molar-refractivity contribution in [2.24, 2.45) is 0 Å². The van der Waals surface area contributed by atoms with Gasteiger partial charge in [0.2, 0.25) is 0 Å². The maximum atomic E-state index is 13.3. The molecule has 0 aliphatic rings. The number of pyridine rings is 1. The van der Waals surface area contributed by atoms with Gasteiger partial charge in [-0.1, -0.05) is 41.9 Å². The zero-order valence-corrected chi connectivity index (χ0v) is 15.6. The number of nitrogens with one attached hydrogen (secondary N) is 1. The Balaban J connectivity index is 1.81. The van der Waals surface area contributed by atoms with Crippen molar-refractivity contribution in [3.8, 4) is 0 Å². The van der Waals surface area contributed by atoms with Crippen molar-refractivity contribution in [2.45, 2.75) is 13.3 Å². The average Bonchev–Trinajstić information content (AvgIpc) is 2.62. The molecule has 0 spiro atoms. The zero-order chi connectivity index (χ0) is 17.7. The van der Waals surface area contributed by atoms with Gasteiger partial charge in [-0.3, -0.25) is 9.55 Å². The highest BCUT2D eigenvalue weighted by Crippen LogP contribution is 2.48. The third kappa shape index (κ3) is 4.60. The van der Waals surface area contributed by atoms with Crippen LogP contribution in [0.4, 0.5) is 5.69 Å². The number of halogens is 1. The van der Waals surface area contributed by atoms with Crippen LogP contribution in [0.3, 0.4) is 0 Å². The summed E-state index contributed by atoms with van der Waals surface area (Å²) in [6.07, 6.45) is 2.76. The summed E-state index contributed by atoms with van der Waals surface area (Å²) in [4.78, 5) is 4.40. The van der Waals surface area contributed by atoms with Gasteiger partial charge in [0.1, 0.15) is 0 Å². The molecule has 0 aliphatic heterocycles. The Morgan fingerprint density at radius 3 is 2.64 bits per heavy atom. The van der Waals surface area contributed by atoms with Gasteiger partial charge in [0.25, 0.3) is 7.52 Å². The molecule has 0 saturated carbocycles. The molecule has 0 radical (unpaired) electrons. The van der Waals surface area contributed by atoms with E-state index < -0.39 is 7.52 Å². The second kappa shape index (κ2) is 8.01. The standard InChI is InChI=1S/C19H20ClN2O2P/c1-2-24-25(23,14-12-15-8-10-17(20)11-9-15)22-18-7-3-5-16-6-4-13-21-19(16)18/h3-11,13H,2,12,14H2,1H3,(H,22,23). The fourth-order valence-corrected chi connectivity index (χ4v) is 4.62. The van der Waals surface area contributed by atoms with Gasteiger partial charge in [0.15, 0.2) is 0 Å². The van der Waals surface area contributed by atoms with E-state index in [1.54, 1.807) is 6.20 Å². The van der Waals surface area contributed by atoms with Crippen molar-refractivity contribution >= 4 is 35.7 Å². The Hall–Kier alpha value is -1.87. The van der Waals surface area contributed by atoms with E-state index in [-0.39, 0.29) is 0 Å². The van der Waals surface area contributed by atoms with Crippen molar-refractivity contribution in [3.63, 3.8) is 0 Å². The van der Waals surface area contributed by atoms with E-state index in [1.807, 2.05) is 61.5 Å². The van der Waals surface area contributed by atoms with E-state index in [0.717, 1.165) is 22.2 Å². The van der Waals surface area contributed by atoms with E-state index in [0.29, 0.717) is 24.2 Å². The normalized spacial score (nSPS) is 13.5. The summed E-state index contributed by atoms with van der Waals surface area (Å²) < 4.78 is 18.9. The van der Waals surface area contributed by atoms with Gasteiger partial charge in [-0.05, 0) is 43.2 Å². The lowest BCUT2D eigenvalue weighted by Gasteiger charge is -2.20. The van der Waals surface area contributed by atoms with E-state index in [9.17, 15) is 4.57 Å². The number of hydrogen-bond donors (Lipinski definition) is 1. The first kappa shape index (κ1) is 17.9. The molecule has 0 saturated heterocycles. The molecule has 1 atom stereocenters. The van der Waals surface area contributed by atoms with Crippen molar-refractivity contribution in [1.29, 1.82) is 0 Å². The molecule has 0 aliphatic carbocycles. The fraction of sp³-hybridized carbons (Fsp3) is 0.211. The summed E-state index contributed by atoms with van der Waals surface area (Å²) in [7, 11) is -3.05. The fourth-order valence-electron chi connectivity index (χ4n) is 2.67. The molecule has 0 bridgehead atoms. The summed E-state index contributed by atoms with van der Waals surface area (Å²) in [5, 5.41) is 4.81. The lowest BCUT2D eigenvalue weighted by Crippen LogP contribution is -2.08. The van der Waals surface area contributed by atoms with Gasteiger partial charge >= 0.3 is 0 Å². The molecule has 25 heavy (non-hydrogen) atoms. The first-order chi connectivity index (χ1) is 12.1. The predicted octanol–water partition coefficient (Wildman–Crippen LogP) is 5.77. The Bertz CT molecular complexity index is 894. The Labute approximate surface area is 152 Å². The molecule has 1 N–H and O–H groups in total. The zero-order valence-electron chi connectivity index (χ0n) is 14.0. The molecule has 6 heteroatoms. The van der Waals surface area contributed by atoms with Crippen LogP contribution in [0, 0.1) is 0 Å². The molecule has 0 fully saturated rings. The van der Waals surface area contributed by atoms with Gasteiger partial charge in [0.05, 0.1) is 17.8 Å². The van der Waals surface area contributed by atoms with Crippen LogP contribution in [0.2, 0.25) is 5.02 Å². The number of rotatable bonds is 7. The number of hydrogen-bond acceptors (Lipinski definition) is 3. The minimum Gasteiger partial charge on any atom is -0.314 e. The number of anilines is 1. The van der Waals surface area contributed by atoms with Gasteiger partial charge < -0.3 is 9.61 Å². The van der Waals surface area contributed by atoms with E-state index in [1.165, 1.54) is 0 Å². The van der Waals surface area contributed by atoms with Crippen molar-refractivity contribution in [2.75, 3.05) is 17.9 Å². The Morgan fingerprint density at radius 1 is 1.12 bits per heavy atom. The van der Waals surface area contributed by atoms with E-state index >= 15 is 0 Å². The van der Waals surface area contributed by atoms with Crippen molar-refractivity contribution in [1.82, 2.24) is 4.98 Å². The molecule has 1 aromatic heterocycles. The van der Waals surface area contributed by atoms with E-state index in [2.05, 4.69) is 10.1 Å². The Morgan fingerprint density at radius 2 is 1.88 bits per heavy atom. The van der Waals surface area contributed by atoms with Crippen molar-refractivity contribution < 1.29 is 9.09 Å². The number of aromatic nitrogens is 1. The first-order valence-corrected chi connectivity index (χ1v) is 10.4. The van der Waals surface area contributed by atoms with Crippen LogP contribution in [0.5, 0.6) is 0 Å². The van der Waals surface area contributed by atoms with Gasteiger partial charge in [-0.15, -0.1) is 0 Å². The molecule has 0 amide bonds. The third-order valence-electron chi connectivity index (χ3n) is 3.87.